The maximum Gasteiger partial charge on any atom is 0.293 e. The van der Waals surface area contributed by atoms with Crippen LogP contribution in [0.3, 0.4) is 0 Å². The molecule has 1 aromatic heterocycles. The van der Waals surface area contributed by atoms with Gasteiger partial charge in [0.1, 0.15) is 0 Å². The van der Waals surface area contributed by atoms with Crippen molar-refractivity contribution in [1.82, 2.24) is 0 Å². The molecule has 3 nitrogen and oxygen atoms in total. The molecule has 1 atom stereocenters. The van der Waals surface area contributed by atoms with Crippen LogP contribution in [0.15, 0.2) is 47.2 Å². The summed E-state index contributed by atoms with van der Waals surface area (Å²) >= 11 is 3.40. The Bertz CT molecular complexity index is 682. The van der Waals surface area contributed by atoms with E-state index in [0.29, 0.717) is 0 Å². The van der Waals surface area contributed by atoms with Crippen molar-refractivity contribution in [2.75, 3.05) is 5.32 Å². The van der Waals surface area contributed by atoms with Gasteiger partial charge >= 0.3 is 0 Å². The Labute approximate surface area is 139 Å². The molecule has 114 valence electrons. The van der Waals surface area contributed by atoms with E-state index >= 15 is 0 Å². The molecule has 0 saturated heterocycles. The van der Waals surface area contributed by atoms with Crippen LogP contribution >= 0.6 is 15.9 Å². The van der Waals surface area contributed by atoms with E-state index in [1.54, 1.807) is 0 Å². The van der Waals surface area contributed by atoms with Crippen molar-refractivity contribution in [3.8, 4) is 0 Å². The number of hydrogen-bond acceptors (Lipinski definition) is 1. The molecule has 1 N–H and O–H groups in total. The van der Waals surface area contributed by atoms with E-state index in [9.17, 15) is 4.79 Å². The monoisotopic (exact) mass is 359 g/mol. The number of nitrogens with zero attached hydrogens (tertiary/aromatic N) is 1. The zero-order chi connectivity index (χ0) is 15.5. The summed E-state index contributed by atoms with van der Waals surface area (Å²) in [5.74, 6) is 0.00285. The van der Waals surface area contributed by atoms with Crippen LogP contribution in [0.1, 0.15) is 36.9 Å². The molecule has 2 aromatic rings. The minimum Gasteiger partial charge on any atom is -0.320 e. The molecule has 22 heavy (non-hydrogen) atoms. The highest BCUT2D eigenvalue weighted by Crippen LogP contribution is 2.20. The lowest BCUT2D eigenvalue weighted by Gasteiger charge is -2.15. The summed E-state index contributed by atoms with van der Waals surface area (Å²) in [5.41, 5.74) is 3.64. The third-order valence-corrected chi connectivity index (χ3v) is 4.77. The second kappa shape index (κ2) is 6.61. The van der Waals surface area contributed by atoms with Gasteiger partial charge in [0.15, 0.2) is 12.4 Å². The van der Waals surface area contributed by atoms with Gasteiger partial charge in [0, 0.05) is 28.7 Å². The molecule has 0 spiro atoms. The molecule has 1 amide bonds. The Kier molecular flexibility index (Phi) is 4.57. The van der Waals surface area contributed by atoms with E-state index in [1.165, 1.54) is 24.0 Å². The Morgan fingerprint density at radius 2 is 1.82 bits per heavy atom. The molecule has 1 heterocycles. The summed E-state index contributed by atoms with van der Waals surface area (Å²) in [6, 6.07) is 9.57. The first-order valence-electron chi connectivity index (χ1n) is 7.72. The molecule has 1 aromatic carbocycles. The van der Waals surface area contributed by atoms with Crippen molar-refractivity contribution in [3.05, 3.63) is 58.3 Å². The number of pyridine rings is 1. The number of amides is 1. The highest BCUT2D eigenvalue weighted by Gasteiger charge is 2.24. The lowest BCUT2D eigenvalue weighted by Crippen LogP contribution is -2.44. The first-order valence-corrected chi connectivity index (χ1v) is 8.52. The summed E-state index contributed by atoms with van der Waals surface area (Å²) in [7, 11) is 0. The average Bonchev–Trinajstić information content (AvgIpc) is 2.55. The molecule has 0 aliphatic heterocycles. The van der Waals surface area contributed by atoms with Crippen molar-refractivity contribution in [2.45, 2.75) is 38.6 Å². The molecule has 0 unspecified atom stereocenters. The molecule has 4 heteroatoms. The first-order chi connectivity index (χ1) is 10.6. The van der Waals surface area contributed by atoms with Crippen LogP contribution in [0, 0.1) is 0 Å². The fraction of sp³-hybridized carbons (Fsp3) is 0.333. The smallest absolute Gasteiger partial charge is 0.293 e. The fourth-order valence-corrected chi connectivity index (χ4v) is 3.11. The van der Waals surface area contributed by atoms with Gasteiger partial charge in [-0.25, -0.2) is 0 Å². The topological polar surface area (TPSA) is 33.0 Å². The van der Waals surface area contributed by atoms with Gasteiger partial charge in [-0.3, -0.25) is 4.79 Å². The lowest BCUT2D eigenvalue weighted by atomic mass is 9.93. The van der Waals surface area contributed by atoms with Gasteiger partial charge in [-0.2, -0.15) is 4.57 Å². The van der Waals surface area contributed by atoms with Crippen LogP contribution in [0.5, 0.6) is 0 Å². The number of nitrogens with one attached hydrogen (secondary N) is 1. The highest BCUT2D eigenvalue weighted by atomic mass is 79.9. The zero-order valence-corrected chi connectivity index (χ0v) is 14.3. The number of carbonyl (C=O) groups excluding carboxylic acids is 1. The third kappa shape index (κ3) is 3.38. The zero-order valence-electron chi connectivity index (χ0n) is 12.7. The van der Waals surface area contributed by atoms with Crippen LogP contribution in [0.2, 0.25) is 0 Å². The van der Waals surface area contributed by atoms with E-state index in [-0.39, 0.29) is 11.9 Å². The van der Waals surface area contributed by atoms with Crippen LogP contribution in [-0.2, 0) is 17.6 Å². The molecule has 0 radical (unpaired) electrons. The predicted molar refractivity (Wildman–Crippen MR) is 90.8 cm³/mol. The predicted octanol–water partition coefficient (Wildman–Crippen LogP) is 3.82. The second-order valence-electron chi connectivity index (χ2n) is 5.82. The standard InChI is InChI=1S/C18H19BrN2O/c1-13(18(22)20-17-8-6-16(19)7-9-17)21-11-10-14-4-2-3-5-15(14)12-21/h6-13H,2-5H2,1H3/p+1/t13-/m0/s1. The molecule has 0 bridgehead atoms. The van der Waals surface area contributed by atoms with Crippen molar-refractivity contribution in [3.63, 3.8) is 0 Å². The Morgan fingerprint density at radius 1 is 1.14 bits per heavy atom. The summed E-state index contributed by atoms with van der Waals surface area (Å²) in [6.07, 6.45) is 8.97. The van der Waals surface area contributed by atoms with Crippen molar-refractivity contribution < 1.29 is 9.36 Å². The largest absolute Gasteiger partial charge is 0.320 e. The van der Waals surface area contributed by atoms with Crippen LogP contribution < -0.4 is 9.88 Å². The summed E-state index contributed by atoms with van der Waals surface area (Å²) in [6.45, 7) is 1.93. The van der Waals surface area contributed by atoms with Gasteiger partial charge in [0.25, 0.3) is 5.91 Å². The van der Waals surface area contributed by atoms with Crippen LogP contribution in [0.25, 0.3) is 0 Å². The number of aryl methyl sites for hydroxylation is 2. The SMILES string of the molecule is C[C@@H](C(=O)Nc1ccc(Br)cc1)[n+]1ccc2c(c1)CCCC2. The van der Waals surface area contributed by atoms with Gasteiger partial charge < -0.3 is 5.32 Å². The number of anilines is 1. The number of fused-ring (bicyclic) bond motifs is 1. The molecule has 1 aliphatic rings. The Balaban J connectivity index is 1.73. The quantitative estimate of drug-likeness (QED) is 0.830. The maximum absolute atomic E-state index is 12.4. The Morgan fingerprint density at radius 3 is 2.55 bits per heavy atom. The normalized spacial score (nSPS) is 15.0. The van der Waals surface area contributed by atoms with Crippen LogP contribution in [-0.4, -0.2) is 5.91 Å². The number of carbonyl (C=O) groups is 1. The van der Waals surface area contributed by atoms with E-state index in [4.69, 9.17) is 0 Å². The fourth-order valence-electron chi connectivity index (χ4n) is 2.85. The maximum atomic E-state index is 12.4. The first kappa shape index (κ1) is 15.2. The van der Waals surface area contributed by atoms with Crippen molar-refractivity contribution in [1.29, 1.82) is 0 Å². The van der Waals surface area contributed by atoms with Gasteiger partial charge in [-0.05, 0) is 55.5 Å². The minimum atomic E-state index is -0.226. The Hall–Kier alpha value is -1.68. The highest BCUT2D eigenvalue weighted by molar-refractivity contribution is 9.10. The van der Waals surface area contributed by atoms with E-state index < -0.39 is 0 Å². The molecular formula is C18H20BrN2O+. The molecule has 3 rings (SSSR count). The van der Waals surface area contributed by atoms with Crippen molar-refractivity contribution >= 4 is 27.5 Å². The summed E-state index contributed by atoms with van der Waals surface area (Å²) in [5, 5.41) is 2.97. The number of benzene rings is 1. The lowest BCUT2D eigenvalue weighted by molar-refractivity contribution is -0.706. The number of halogens is 1. The number of hydrogen-bond donors (Lipinski definition) is 1. The van der Waals surface area contributed by atoms with E-state index in [0.717, 1.165) is 23.0 Å². The summed E-state index contributed by atoms with van der Waals surface area (Å²) in [4.78, 5) is 12.4. The minimum absolute atomic E-state index is 0.00285. The van der Waals surface area contributed by atoms with Crippen LogP contribution in [0.4, 0.5) is 5.69 Å². The molecular weight excluding hydrogens is 340 g/mol. The average molecular weight is 360 g/mol. The van der Waals surface area contributed by atoms with Gasteiger partial charge in [-0.1, -0.05) is 15.9 Å². The van der Waals surface area contributed by atoms with Gasteiger partial charge in [0.2, 0.25) is 6.04 Å². The van der Waals surface area contributed by atoms with Gasteiger partial charge in [-0.15, -0.1) is 0 Å². The molecule has 0 fully saturated rings. The number of aromatic nitrogens is 1. The third-order valence-electron chi connectivity index (χ3n) is 4.25. The second-order valence-corrected chi connectivity index (χ2v) is 6.74. The molecule has 0 saturated carbocycles. The van der Waals surface area contributed by atoms with Gasteiger partial charge in [0.05, 0.1) is 0 Å². The summed E-state index contributed by atoms with van der Waals surface area (Å²) < 4.78 is 3.01. The van der Waals surface area contributed by atoms with E-state index in [1.807, 2.05) is 42.0 Å². The van der Waals surface area contributed by atoms with Crippen molar-refractivity contribution in [2.24, 2.45) is 0 Å². The molecule has 1 aliphatic carbocycles. The van der Waals surface area contributed by atoms with E-state index in [2.05, 4.69) is 33.5 Å². The number of rotatable bonds is 3.